The molecule has 2 N–H and O–H groups in total. The van der Waals surface area contributed by atoms with E-state index in [0.717, 1.165) is 5.56 Å². The number of ether oxygens (including phenoxy) is 1. The zero-order chi connectivity index (χ0) is 22.0. The van der Waals surface area contributed by atoms with Crippen LogP contribution in [0.5, 0.6) is 0 Å². The van der Waals surface area contributed by atoms with Crippen LogP contribution in [0.2, 0.25) is 0 Å². The summed E-state index contributed by atoms with van der Waals surface area (Å²) in [6.07, 6.45) is 0.919. The Morgan fingerprint density at radius 2 is 1.97 bits per heavy atom. The van der Waals surface area contributed by atoms with Crippen molar-refractivity contribution < 1.29 is 19.4 Å². The topological polar surface area (TPSA) is 113 Å². The Morgan fingerprint density at radius 3 is 2.65 bits per heavy atom. The van der Waals surface area contributed by atoms with Crippen molar-refractivity contribution in [3.8, 4) is 22.6 Å². The minimum Gasteiger partial charge on any atom is -0.456 e. The van der Waals surface area contributed by atoms with Crippen LogP contribution in [0.3, 0.4) is 0 Å². The molecule has 9 nitrogen and oxygen atoms in total. The van der Waals surface area contributed by atoms with Crippen LogP contribution in [0, 0.1) is 0 Å². The molecule has 0 amide bonds. The van der Waals surface area contributed by atoms with Gasteiger partial charge in [0.25, 0.3) is 0 Å². The maximum absolute atomic E-state index is 12.7. The maximum Gasteiger partial charge on any atom is 0.351 e. The Morgan fingerprint density at radius 1 is 1.23 bits per heavy atom. The number of rotatable bonds is 6. The van der Waals surface area contributed by atoms with E-state index < -0.39 is 24.1 Å². The number of aliphatic hydroxyl groups excluding tert-OH is 2. The second kappa shape index (κ2) is 8.84. The quantitative estimate of drug-likeness (QED) is 0.460. The van der Waals surface area contributed by atoms with Crippen LogP contribution in [-0.2, 0) is 4.74 Å². The Bertz CT molecular complexity index is 1120. The van der Waals surface area contributed by atoms with Crippen molar-refractivity contribution in [2.45, 2.75) is 24.9 Å². The first-order valence-electron chi connectivity index (χ1n) is 9.90. The van der Waals surface area contributed by atoms with Gasteiger partial charge >= 0.3 is 5.69 Å². The summed E-state index contributed by atoms with van der Waals surface area (Å²) < 4.78 is 13.0. The number of aliphatic imine (C=N–C) groups is 1. The molecule has 0 radical (unpaired) electrons. The van der Waals surface area contributed by atoms with Crippen molar-refractivity contribution in [1.82, 2.24) is 14.5 Å². The lowest BCUT2D eigenvalue weighted by Gasteiger charge is -2.16. The van der Waals surface area contributed by atoms with Gasteiger partial charge in [0.1, 0.15) is 23.9 Å². The molecule has 3 atom stereocenters. The van der Waals surface area contributed by atoms with Gasteiger partial charge in [-0.1, -0.05) is 30.3 Å². The lowest BCUT2D eigenvalue weighted by molar-refractivity contribution is -0.0458. The van der Waals surface area contributed by atoms with Crippen molar-refractivity contribution in [1.29, 1.82) is 0 Å². The lowest BCUT2D eigenvalue weighted by atomic mass is 10.2. The van der Waals surface area contributed by atoms with Gasteiger partial charge in [0.05, 0.1) is 24.6 Å². The third kappa shape index (κ3) is 4.43. The summed E-state index contributed by atoms with van der Waals surface area (Å²) in [5, 5.41) is 19.4. The number of hydrogen-bond acceptors (Lipinski definition) is 7. The molecule has 0 aliphatic carbocycles. The van der Waals surface area contributed by atoms with E-state index >= 15 is 0 Å². The summed E-state index contributed by atoms with van der Waals surface area (Å²) in [6, 6.07) is 13.3. The van der Waals surface area contributed by atoms with Crippen LogP contribution < -0.4 is 5.69 Å². The van der Waals surface area contributed by atoms with Gasteiger partial charge in [0.2, 0.25) is 0 Å². The fraction of sp³-hybridized carbons (Fsp3) is 0.318. The zero-order valence-electron chi connectivity index (χ0n) is 17.3. The van der Waals surface area contributed by atoms with Crippen molar-refractivity contribution in [3.05, 3.63) is 59.1 Å². The van der Waals surface area contributed by atoms with E-state index in [0.29, 0.717) is 17.1 Å². The first kappa shape index (κ1) is 21.0. The second-order valence-electron chi connectivity index (χ2n) is 7.52. The van der Waals surface area contributed by atoms with Crippen molar-refractivity contribution >= 4 is 12.2 Å². The fourth-order valence-corrected chi connectivity index (χ4v) is 3.40. The molecule has 1 aliphatic rings. The monoisotopic (exact) mass is 424 g/mol. The van der Waals surface area contributed by atoms with E-state index in [1.165, 1.54) is 4.57 Å². The van der Waals surface area contributed by atoms with Gasteiger partial charge in [-0.2, -0.15) is 4.98 Å². The molecule has 4 rings (SSSR count). The predicted molar refractivity (Wildman–Crippen MR) is 115 cm³/mol. The number of hydrogen-bond donors (Lipinski definition) is 2. The summed E-state index contributed by atoms with van der Waals surface area (Å²) in [5.41, 5.74) is 0.854. The highest BCUT2D eigenvalue weighted by atomic mass is 16.5. The molecule has 0 saturated carbocycles. The first-order chi connectivity index (χ1) is 15.0. The van der Waals surface area contributed by atoms with E-state index in [9.17, 15) is 15.0 Å². The van der Waals surface area contributed by atoms with Crippen molar-refractivity contribution in [2.75, 3.05) is 20.7 Å². The lowest BCUT2D eigenvalue weighted by Crippen LogP contribution is -2.27. The van der Waals surface area contributed by atoms with E-state index in [2.05, 4.69) is 9.98 Å². The van der Waals surface area contributed by atoms with Crippen LogP contribution >= 0.6 is 0 Å². The van der Waals surface area contributed by atoms with Crippen molar-refractivity contribution in [3.63, 3.8) is 0 Å². The normalized spacial score (nSPS) is 21.1. The highest BCUT2D eigenvalue weighted by Gasteiger charge is 2.35. The number of benzene rings is 1. The third-order valence-corrected chi connectivity index (χ3v) is 4.97. The molecule has 0 spiro atoms. The molecule has 1 aliphatic heterocycles. The summed E-state index contributed by atoms with van der Waals surface area (Å²) in [5.74, 6) is 1.37. The van der Waals surface area contributed by atoms with Gasteiger partial charge in [-0.15, -0.1) is 0 Å². The highest BCUT2D eigenvalue weighted by Crippen LogP contribution is 2.34. The average Bonchev–Trinajstić information content (AvgIpc) is 3.39. The summed E-state index contributed by atoms with van der Waals surface area (Å²) in [6.45, 7) is -0.337. The summed E-state index contributed by atoms with van der Waals surface area (Å²) >= 11 is 0. The third-order valence-electron chi connectivity index (χ3n) is 4.97. The molecule has 1 aromatic carbocycles. The smallest absolute Gasteiger partial charge is 0.351 e. The Kier molecular flexibility index (Phi) is 5.99. The predicted octanol–water partition coefficient (Wildman–Crippen LogP) is 2.03. The van der Waals surface area contributed by atoms with Gasteiger partial charge < -0.3 is 24.3 Å². The summed E-state index contributed by atoms with van der Waals surface area (Å²) in [7, 11) is 3.63. The van der Waals surface area contributed by atoms with Gasteiger partial charge in [-0.05, 0) is 12.1 Å². The molecule has 2 aromatic heterocycles. The minimum atomic E-state index is -0.870. The zero-order valence-corrected chi connectivity index (χ0v) is 17.3. The highest BCUT2D eigenvalue weighted by molar-refractivity contribution is 5.74. The Hall–Kier alpha value is -3.27. The Balaban J connectivity index is 1.78. The van der Waals surface area contributed by atoms with E-state index in [1.54, 1.807) is 23.5 Å². The molecular formula is C22H24N4O5. The number of furan rings is 1. The minimum absolute atomic E-state index is 0.167. The molecular weight excluding hydrogens is 400 g/mol. The standard InChI is InChI=1S/C22H24N4O5/c1-25(2)13-23-21-15(18-9-8-17(30-18)14-6-4-3-5-7-14)11-26(22(29)24-21)20-10-16(28)19(12-27)31-20/h3-9,11,13,16,19-20,27-28H,10,12H2,1-2H3/t16-,19+,20+/m0/s1. The maximum atomic E-state index is 12.7. The second-order valence-corrected chi connectivity index (χ2v) is 7.52. The molecule has 31 heavy (non-hydrogen) atoms. The average molecular weight is 424 g/mol. The fourth-order valence-electron chi connectivity index (χ4n) is 3.40. The van der Waals surface area contributed by atoms with Crippen LogP contribution in [-0.4, -0.2) is 63.9 Å². The summed E-state index contributed by atoms with van der Waals surface area (Å²) in [4.78, 5) is 22.9. The van der Waals surface area contributed by atoms with Gasteiger partial charge in [0, 0.05) is 32.3 Å². The molecule has 3 heterocycles. The molecule has 162 valence electrons. The molecule has 1 saturated heterocycles. The molecule has 0 unspecified atom stereocenters. The van der Waals surface area contributed by atoms with E-state index in [4.69, 9.17) is 9.15 Å². The van der Waals surface area contributed by atoms with Gasteiger partial charge in [-0.3, -0.25) is 4.57 Å². The molecule has 1 fully saturated rings. The number of aliphatic hydroxyl groups is 2. The van der Waals surface area contributed by atoms with Crippen LogP contribution in [0.1, 0.15) is 12.6 Å². The molecule has 9 heteroatoms. The number of aromatic nitrogens is 2. The van der Waals surface area contributed by atoms with Gasteiger partial charge in [-0.25, -0.2) is 9.79 Å². The van der Waals surface area contributed by atoms with E-state index in [-0.39, 0.29) is 18.8 Å². The van der Waals surface area contributed by atoms with Crippen LogP contribution in [0.25, 0.3) is 22.6 Å². The van der Waals surface area contributed by atoms with Crippen LogP contribution in [0.4, 0.5) is 5.82 Å². The molecule has 0 bridgehead atoms. The molecule has 3 aromatic rings. The SMILES string of the molecule is CN(C)C=Nc1nc(=O)n([C@H]2C[C@H](O)[C@@H](CO)O2)cc1-c1ccc(-c2ccccc2)o1. The van der Waals surface area contributed by atoms with E-state index in [1.807, 2.05) is 50.5 Å². The number of nitrogens with zero attached hydrogens (tertiary/aromatic N) is 4. The van der Waals surface area contributed by atoms with Crippen LogP contribution in [0.15, 0.2) is 62.9 Å². The van der Waals surface area contributed by atoms with Crippen molar-refractivity contribution in [2.24, 2.45) is 4.99 Å². The Labute approximate surface area is 178 Å². The van der Waals surface area contributed by atoms with Gasteiger partial charge in [0.15, 0.2) is 5.82 Å². The first-order valence-corrected chi connectivity index (χ1v) is 9.90. The largest absolute Gasteiger partial charge is 0.456 e.